The fourth-order valence-corrected chi connectivity index (χ4v) is 2.91. The molecule has 0 spiro atoms. The van der Waals surface area contributed by atoms with Gasteiger partial charge in [0.2, 0.25) is 5.91 Å². The van der Waals surface area contributed by atoms with Crippen LogP contribution in [0.3, 0.4) is 0 Å². The number of benzene rings is 1. The van der Waals surface area contributed by atoms with E-state index in [1.807, 2.05) is 0 Å². The average Bonchev–Trinajstić information content (AvgIpc) is 2.51. The van der Waals surface area contributed by atoms with E-state index >= 15 is 0 Å². The lowest BCUT2D eigenvalue weighted by atomic mass is 10.0. The van der Waals surface area contributed by atoms with E-state index in [0.717, 1.165) is 45.3 Å². The van der Waals surface area contributed by atoms with Crippen LogP contribution < -0.4 is 5.32 Å². The second kappa shape index (κ2) is 8.83. The van der Waals surface area contributed by atoms with Crippen LogP contribution in [0.15, 0.2) is 30.3 Å². The number of hydrogen-bond acceptors (Lipinski definition) is 2. The molecule has 0 saturated carbocycles. The molecule has 0 unspecified atom stereocenters. The van der Waals surface area contributed by atoms with Gasteiger partial charge in [-0.3, -0.25) is 9.69 Å². The first-order valence-corrected chi connectivity index (χ1v) is 8.33. The van der Waals surface area contributed by atoms with Gasteiger partial charge < -0.3 is 5.32 Å². The number of amides is 1. The lowest BCUT2D eigenvalue weighted by Crippen LogP contribution is -2.44. The van der Waals surface area contributed by atoms with Crippen LogP contribution >= 0.6 is 0 Å². The minimum Gasteiger partial charge on any atom is -0.353 e. The molecule has 2 rings (SSSR count). The van der Waals surface area contributed by atoms with Crippen molar-refractivity contribution >= 4 is 5.91 Å². The summed E-state index contributed by atoms with van der Waals surface area (Å²) in [6.45, 7) is 5.35. The predicted octanol–water partition coefficient (Wildman–Crippen LogP) is 3.35. The zero-order chi connectivity index (χ0) is 14.9. The molecule has 0 atom stereocenters. The van der Waals surface area contributed by atoms with Gasteiger partial charge in [-0.15, -0.1) is 0 Å². The van der Waals surface area contributed by atoms with Crippen LogP contribution in [0.2, 0.25) is 0 Å². The molecule has 1 amide bonds. The third-order valence-electron chi connectivity index (χ3n) is 4.21. The van der Waals surface area contributed by atoms with Crippen molar-refractivity contribution in [3.63, 3.8) is 0 Å². The highest BCUT2D eigenvalue weighted by atomic mass is 16.1. The predicted molar refractivity (Wildman–Crippen MR) is 87.0 cm³/mol. The Labute approximate surface area is 128 Å². The van der Waals surface area contributed by atoms with Crippen LogP contribution in [0, 0.1) is 0 Å². The molecule has 116 valence electrons. The molecule has 1 heterocycles. The minimum atomic E-state index is 0.241. The number of nitrogens with zero attached hydrogens (tertiary/aromatic N) is 1. The summed E-state index contributed by atoms with van der Waals surface area (Å²) in [6.07, 6.45) is 6.19. The molecule has 1 fully saturated rings. The van der Waals surface area contributed by atoms with Crippen LogP contribution in [0.25, 0.3) is 0 Å². The summed E-state index contributed by atoms with van der Waals surface area (Å²) in [5.41, 5.74) is 1.37. The lowest BCUT2D eigenvalue weighted by Gasteiger charge is -2.32. The van der Waals surface area contributed by atoms with E-state index in [-0.39, 0.29) is 5.91 Å². The first kappa shape index (κ1) is 16.0. The Kier molecular flexibility index (Phi) is 6.74. The molecule has 0 aliphatic carbocycles. The van der Waals surface area contributed by atoms with E-state index in [0.29, 0.717) is 12.5 Å². The van der Waals surface area contributed by atoms with Gasteiger partial charge in [0.05, 0.1) is 0 Å². The Morgan fingerprint density at radius 1 is 1.19 bits per heavy atom. The van der Waals surface area contributed by atoms with E-state index in [1.165, 1.54) is 12.0 Å². The van der Waals surface area contributed by atoms with Crippen LogP contribution in [0.1, 0.15) is 51.0 Å². The Balaban J connectivity index is 1.65. The summed E-state index contributed by atoms with van der Waals surface area (Å²) in [5.74, 6) is 0.241. The van der Waals surface area contributed by atoms with Crippen molar-refractivity contribution in [2.45, 2.75) is 58.0 Å². The molecule has 0 bridgehead atoms. The minimum absolute atomic E-state index is 0.241. The molecule has 1 aromatic carbocycles. The number of likely N-dealkylation sites (tertiary alicyclic amines) is 1. The molecule has 1 N–H and O–H groups in total. The number of carbonyl (C=O) groups is 1. The number of nitrogens with one attached hydrogen (secondary N) is 1. The van der Waals surface area contributed by atoms with Crippen LogP contribution in [-0.2, 0) is 11.3 Å². The summed E-state index contributed by atoms with van der Waals surface area (Å²) in [7, 11) is 0. The largest absolute Gasteiger partial charge is 0.353 e. The third kappa shape index (κ3) is 5.88. The van der Waals surface area contributed by atoms with Crippen LogP contribution in [0.5, 0.6) is 0 Å². The summed E-state index contributed by atoms with van der Waals surface area (Å²) in [5, 5.41) is 3.20. The Morgan fingerprint density at radius 2 is 1.90 bits per heavy atom. The van der Waals surface area contributed by atoms with Gasteiger partial charge in [-0.1, -0.05) is 50.1 Å². The maximum Gasteiger partial charge on any atom is 0.220 e. The van der Waals surface area contributed by atoms with Gasteiger partial charge in [-0.25, -0.2) is 0 Å². The second-order valence-electron chi connectivity index (χ2n) is 6.06. The molecular formula is C18H28N2O. The first-order valence-electron chi connectivity index (χ1n) is 8.33. The van der Waals surface area contributed by atoms with Gasteiger partial charge in [0.15, 0.2) is 0 Å². The maximum atomic E-state index is 11.8. The fourth-order valence-electron chi connectivity index (χ4n) is 2.91. The van der Waals surface area contributed by atoms with E-state index in [2.05, 4.69) is 47.5 Å². The molecule has 0 radical (unpaired) electrons. The summed E-state index contributed by atoms with van der Waals surface area (Å²) >= 11 is 0. The van der Waals surface area contributed by atoms with Gasteiger partial charge in [0.25, 0.3) is 0 Å². The first-order chi connectivity index (χ1) is 10.3. The Hall–Kier alpha value is -1.35. The highest BCUT2D eigenvalue weighted by Crippen LogP contribution is 2.14. The van der Waals surface area contributed by atoms with Gasteiger partial charge in [-0.2, -0.15) is 0 Å². The normalized spacial score (nSPS) is 16.8. The van der Waals surface area contributed by atoms with Crippen molar-refractivity contribution in [3.05, 3.63) is 35.9 Å². The highest BCUT2D eigenvalue weighted by Gasteiger charge is 2.20. The number of carbonyl (C=O) groups excluding carboxylic acids is 1. The number of unbranched alkanes of at least 4 members (excludes halogenated alkanes) is 2. The van der Waals surface area contributed by atoms with Crippen molar-refractivity contribution in [1.29, 1.82) is 0 Å². The molecule has 21 heavy (non-hydrogen) atoms. The zero-order valence-electron chi connectivity index (χ0n) is 13.2. The Bertz CT molecular complexity index is 410. The number of piperidine rings is 1. The van der Waals surface area contributed by atoms with Crippen LogP contribution in [-0.4, -0.2) is 29.9 Å². The quantitative estimate of drug-likeness (QED) is 0.780. The number of hydrogen-bond donors (Lipinski definition) is 1. The van der Waals surface area contributed by atoms with Crippen LogP contribution in [0.4, 0.5) is 0 Å². The standard InChI is InChI=1S/C18H28N2O/c1-2-3-5-10-18(21)19-17-11-13-20(14-12-17)15-16-8-6-4-7-9-16/h4,6-9,17H,2-3,5,10-15H2,1H3,(H,19,21). The van der Waals surface area contributed by atoms with E-state index in [1.54, 1.807) is 0 Å². The molecule has 0 aromatic heterocycles. The van der Waals surface area contributed by atoms with Crippen molar-refractivity contribution in [1.82, 2.24) is 10.2 Å². The van der Waals surface area contributed by atoms with E-state index < -0.39 is 0 Å². The highest BCUT2D eigenvalue weighted by molar-refractivity contribution is 5.76. The van der Waals surface area contributed by atoms with Gasteiger partial charge in [0.1, 0.15) is 0 Å². The maximum absolute atomic E-state index is 11.8. The average molecular weight is 288 g/mol. The second-order valence-corrected chi connectivity index (χ2v) is 6.06. The van der Waals surface area contributed by atoms with Crippen molar-refractivity contribution < 1.29 is 4.79 Å². The summed E-state index contributed by atoms with van der Waals surface area (Å²) < 4.78 is 0. The Morgan fingerprint density at radius 3 is 2.57 bits per heavy atom. The molecular weight excluding hydrogens is 260 g/mol. The molecule has 1 aromatic rings. The van der Waals surface area contributed by atoms with Crippen molar-refractivity contribution in [2.24, 2.45) is 0 Å². The summed E-state index contributed by atoms with van der Waals surface area (Å²) in [4.78, 5) is 14.3. The van der Waals surface area contributed by atoms with E-state index in [9.17, 15) is 4.79 Å². The fraction of sp³-hybridized carbons (Fsp3) is 0.611. The summed E-state index contributed by atoms with van der Waals surface area (Å²) in [6, 6.07) is 11.0. The molecule has 3 heteroatoms. The molecule has 1 saturated heterocycles. The lowest BCUT2D eigenvalue weighted by molar-refractivity contribution is -0.122. The monoisotopic (exact) mass is 288 g/mol. The van der Waals surface area contributed by atoms with Gasteiger partial charge in [-0.05, 0) is 24.8 Å². The van der Waals surface area contributed by atoms with E-state index in [4.69, 9.17) is 0 Å². The smallest absolute Gasteiger partial charge is 0.220 e. The molecule has 1 aliphatic rings. The molecule has 1 aliphatic heterocycles. The number of rotatable bonds is 7. The SMILES string of the molecule is CCCCCC(=O)NC1CCN(Cc2ccccc2)CC1. The zero-order valence-corrected chi connectivity index (χ0v) is 13.2. The third-order valence-corrected chi connectivity index (χ3v) is 4.21. The van der Waals surface area contributed by atoms with Gasteiger partial charge >= 0.3 is 0 Å². The molecule has 3 nitrogen and oxygen atoms in total. The van der Waals surface area contributed by atoms with Crippen molar-refractivity contribution in [3.8, 4) is 0 Å². The topological polar surface area (TPSA) is 32.3 Å². The van der Waals surface area contributed by atoms with Gasteiger partial charge in [0, 0.05) is 32.1 Å². The van der Waals surface area contributed by atoms with Crippen molar-refractivity contribution in [2.75, 3.05) is 13.1 Å².